The van der Waals surface area contributed by atoms with Gasteiger partial charge in [-0.3, -0.25) is 14.5 Å². The second kappa shape index (κ2) is 10.9. The molecule has 0 atom stereocenters. The van der Waals surface area contributed by atoms with Crippen molar-refractivity contribution in [1.82, 2.24) is 14.9 Å². The second-order valence-electron chi connectivity index (χ2n) is 7.79. The predicted octanol–water partition coefficient (Wildman–Crippen LogP) is 3.73. The Morgan fingerprint density at radius 3 is 2.71 bits per heavy atom. The number of amides is 1. The van der Waals surface area contributed by atoms with Crippen molar-refractivity contribution < 1.29 is 14.3 Å². The molecule has 0 bridgehead atoms. The highest BCUT2D eigenvalue weighted by Gasteiger charge is 2.21. The highest BCUT2D eigenvalue weighted by Crippen LogP contribution is 2.27. The van der Waals surface area contributed by atoms with E-state index in [2.05, 4.69) is 20.2 Å². The van der Waals surface area contributed by atoms with E-state index < -0.39 is 0 Å². The van der Waals surface area contributed by atoms with E-state index in [1.54, 1.807) is 25.3 Å². The average Bonchev–Trinajstić information content (AvgIpc) is 2.84. The number of fused-ring (bicyclic) bond motifs is 1. The summed E-state index contributed by atoms with van der Waals surface area (Å²) in [6.07, 6.45) is 0.680. The Labute approximate surface area is 206 Å². The van der Waals surface area contributed by atoms with Crippen molar-refractivity contribution >= 4 is 35.0 Å². The number of methoxy groups -OCH3 is 2. The van der Waals surface area contributed by atoms with Gasteiger partial charge in [-0.25, -0.2) is 4.98 Å². The molecule has 178 valence electrons. The lowest BCUT2D eigenvalue weighted by atomic mass is 10.1. The van der Waals surface area contributed by atoms with Gasteiger partial charge in [0.15, 0.2) is 5.16 Å². The Morgan fingerprint density at radius 2 is 2.00 bits per heavy atom. The fourth-order valence-corrected chi connectivity index (χ4v) is 4.66. The number of aromatic amines is 1. The minimum Gasteiger partial charge on any atom is -0.497 e. The molecule has 0 saturated heterocycles. The summed E-state index contributed by atoms with van der Waals surface area (Å²) in [5, 5.41) is 3.64. The third kappa shape index (κ3) is 5.91. The lowest BCUT2D eigenvalue weighted by molar-refractivity contribution is -0.113. The molecule has 1 aliphatic heterocycles. The summed E-state index contributed by atoms with van der Waals surface area (Å²) >= 11 is 7.29. The summed E-state index contributed by atoms with van der Waals surface area (Å²) in [6.45, 7) is 2.08. The van der Waals surface area contributed by atoms with Crippen LogP contribution in [0.3, 0.4) is 0 Å². The second-order valence-corrected chi connectivity index (χ2v) is 9.16. The first-order chi connectivity index (χ1) is 16.4. The van der Waals surface area contributed by atoms with Crippen LogP contribution in [0.25, 0.3) is 0 Å². The van der Waals surface area contributed by atoms with Crippen molar-refractivity contribution in [1.29, 1.82) is 0 Å². The van der Waals surface area contributed by atoms with Crippen LogP contribution in [0.15, 0.2) is 52.4 Å². The molecular weight excluding hydrogens is 476 g/mol. The summed E-state index contributed by atoms with van der Waals surface area (Å²) < 4.78 is 10.3. The molecule has 2 N–H and O–H groups in total. The smallest absolute Gasteiger partial charge is 0.256 e. The molecule has 0 fully saturated rings. The normalized spacial score (nSPS) is 13.3. The van der Waals surface area contributed by atoms with Gasteiger partial charge in [0.05, 0.1) is 36.3 Å². The van der Waals surface area contributed by atoms with Crippen LogP contribution >= 0.6 is 23.4 Å². The Balaban J connectivity index is 1.34. The third-order valence-corrected chi connectivity index (χ3v) is 6.64. The maximum atomic E-state index is 12.7. The van der Waals surface area contributed by atoms with Gasteiger partial charge in [-0.15, -0.1) is 0 Å². The van der Waals surface area contributed by atoms with Crippen LogP contribution < -0.4 is 20.3 Å². The molecule has 34 heavy (non-hydrogen) atoms. The molecular formula is C24H25ClN4O4S. The summed E-state index contributed by atoms with van der Waals surface area (Å²) in [5.41, 5.74) is 3.04. The number of carbonyl (C=O) groups excluding carboxylic acids is 1. The molecule has 4 rings (SSSR count). The quantitative estimate of drug-likeness (QED) is 0.359. The number of aromatic nitrogens is 2. The Bertz CT molecular complexity index is 1230. The van der Waals surface area contributed by atoms with E-state index in [1.165, 1.54) is 18.9 Å². The number of nitrogens with zero attached hydrogens (tertiary/aromatic N) is 2. The van der Waals surface area contributed by atoms with Crippen LogP contribution in [-0.2, 0) is 24.3 Å². The van der Waals surface area contributed by atoms with E-state index in [-0.39, 0.29) is 17.2 Å². The number of hydrogen-bond acceptors (Lipinski definition) is 7. The number of benzene rings is 2. The van der Waals surface area contributed by atoms with E-state index in [0.717, 1.165) is 30.1 Å². The molecule has 2 heterocycles. The maximum Gasteiger partial charge on any atom is 0.256 e. The molecule has 0 saturated carbocycles. The minimum absolute atomic E-state index is 0.106. The predicted molar refractivity (Wildman–Crippen MR) is 133 cm³/mol. The largest absolute Gasteiger partial charge is 0.497 e. The van der Waals surface area contributed by atoms with E-state index in [0.29, 0.717) is 40.1 Å². The molecule has 1 aromatic heterocycles. The van der Waals surface area contributed by atoms with Crippen molar-refractivity contribution in [2.45, 2.75) is 24.7 Å². The monoisotopic (exact) mass is 500 g/mol. The number of halogens is 1. The summed E-state index contributed by atoms with van der Waals surface area (Å²) in [5.74, 6) is 1.24. The molecule has 0 unspecified atom stereocenters. The van der Waals surface area contributed by atoms with Gasteiger partial charge in [-0.05, 0) is 35.9 Å². The molecule has 0 radical (unpaired) electrons. The van der Waals surface area contributed by atoms with Gasteiger partial charge < -0.3 is 19.8 Å². The van der Waals surface area contributed by atoms with Crippen molar-refractivity contribution in [2.75, 3.05) is 31.8 Å². The van der Waals surface area contributed by atoms with Crippen molar-refractivity contribution in [3.63, 3.8) is 0 Å². The highest BCUT2D eigenvalue weighted by molar-refractivity contribution is 7.99. The Hall–Kier alpha value is -3.01. The highest BCUT2D eigenvalue weighted by atomic mass is 35.5. The number of ether oxygens (including phenoxy) is 2. The fraction of sp³-hybridized carbons (Fsp3) is 0.292. The van der Waals surface area contributed by atoms with Gasteiger partial charge in [-0.2, -0.15) is 0 Å². The molecule has 0 aliphatic carbocycles. The molecule has 1 aliphatic rings. The van der Waals surface area contributed by atoms with Gasteiger partial charge in [0, 0.05) is 31.7 Å². The topological polar surface area (TPSA) is 96.5 Å². The van der Waals surface area contributed by atoms with Gasteiger partial charge in [-0.1, -0.05) is 35.5 Å². The van der Waals surface area contributed by atoms with Crippen LogP contribution in [0.4, 0.5) is 5.69 Å². The van der Waals surface area contributed by atoms with Crippen molar-refractivity contribution in [3.8, 4) is 11.5 Å². The number of hydrogen-bond donors (Lipinski definition) is 2. The third-order valence-electron chi connectivity index (χ3n) is 5.47. The lowest BCUT2D eigenvalue weighted by Gasteiger charge is -2.27. The van der Waals surface area contributed by atoms with Gasteiger partial charge in [0.25, 0.3) is 5.56 Å². The number of H-pyrrole nitrogens is 1. The number of carbonyl (C=O) groups is 1. The average molecular weight is 501 g/mol. The van der Waals surface area contributed by atoms with E-state index >= 15 is 0 Å². The first-order valence-electron chi connectivity index (χ1n) is 10.7. The van der Waals surface area contributed by atoms with Gasteiger partial charge >= 0.3 is 0 Å². The number of rotatable bonds is 8. The number of nitrogens with one attached hydrogen (secondary N) is 2. The van der Waals surface area contributed by atoms with Crippen LogP contribution in [-0.4, -0.2) is 47.3 Å². The SMILES string of the molecule is COc1ccc(CN2CCc3nc(SCC(=O)Nc4ccc(OC)c(Cl)c4)[nH]c(=O)c3C2)cc1. The number of thioether (sulfide) groups is 1. The summed E-state index contributed by atoms with van der Waals surface area (Å²) in [7, 11) is 3.17. The lowest BCUT2D eigenvalue weighted by Crippen LogP contribution is -2.35. The summed E-state index contributed by atoms with van der Waals surface area (Å²) in [4.78, 5) is 34.7. The zero-order valence-electron chi connectivity index (χ0n) is 18.9. The zero-order chi connectivity index (χ0) is 24.1. The van der Waals surface area contributed by atoms with Gasteiger partial charge in [0.2, 0.25) is 5.91 Å². The first-order valence-corrected chi connectivity index (χ1v) is 12.0. The van der Waals surface area contributed by atoms with E-state index in [1.807, 2.05) is 24.3 Å². The van der Waals surface area contributed by atoms with Crippen LogP contribution in [0, 0.1) is 0 Å². The van der Waals surface area contributed by atoms with Gasteiger partial charge in [0.1, 0.15) is 11.5 Å². The molecule has 1 amide bonds. The Morgan fingerprint density at radius 1 is 1.21 bits per heavy atom. The molecule has 0 spiro atoms. The summed E-state index contributed by atoms with van der Waals surface area (Å²) in [6, 6.07) is 13.0. The number of anilines is 1. The van der Waals surface area contributed by atoms with Crippen LogP contribution in [0.1, 0.15) is 16.8 Å². The molecule has 2 aromatic carbocycles. The van der Waals surface area contributed by atoms with Crippen LogP contribution in [0.5, 0.6) is 11.5 Å². The Kier molecular flexibility index (Phi) is 7.77. The van der Waals surface area contributed by atoms with Crippen LogP contribution in [0.2, 0.25) is 5.02 Å². The zero-order valence-corrected chi connectivity index (χ0v) is 20.5. The van der Waals surface area contributed by atoms with Crippen molar-refractivity contribution in [2.24, 2.45) is 0 Å². The van der Waals surface area contributed by atoms with E-state index in [9.17, 15) is 9.59 Å². The molecule has 3 aromatic rings. The first kappa shape index (κ1) is 24.1. The van der Waals surface area contributed by atoms with Crippen molar-refractivity contribution in [3.05, 3.63) is 74.7 Å². The fourth-order valence-electron chi connectivity index (χ4n) is 3.73. The van der Waals surface area contributed by atoms with E-state index in [4.69, 9.17) is 21.1 Å². The minimum atomic E-state index is -0.225. The maximum absolute atomic E-state index is 12.7. The molecule has 10 heteroatoms. The standard InChI is InChI=1S/C24H25ClN4O4S/c1-32-17-6-3-15(4-7-17)12-29-10-9-20-18(13-29)23(31)28-24(27-20)34-14-22(30)26-16-5-8-21(33-2)19(25)11-16/h3-8,11H,9-10,12-14H2,1-2H3,(H,26,30)(H,27,28,31). The molecule has 8 nitrogen and oxygen atoms in total.